The Labute approximate surface area is 157 Å². The van der Waals surface area contributed by atoms with Gasteiger partial charge in [-0.1, -0.05) is 28.9 Å². The maximum Gasteiger partial charge on any atom is 0.452 e. The highest BCUT2D eigenvalue weighted by atomic mass is 35.5. The number of halogens is 4. The van der Waals surface area contributed by atoms with Gasteiger partial charge in [0.2, 0.25) is 10.9 Å². The molecule has 0 saturated carbocycles. The highest BCUT2D eigenvalue weighted by Gasteiger charge is 2.36. The van der Waals surface area contributed by atoms with Gasteiger partial charge in [-0.2, -0.15) is 13.2 Å². The lowest BCUT2D eigenvalue weighted by molar-refractivity contribution is -0.155. The van der Waals surface area contributed by atoms with Crippen LogP contribution in [0.5, 0.6) is 0 Å². The van der Waals surface area contributed by atoms with Gasteiger partial charge >= 0.3 is 6.18 Å². The van der Waals surface area contributed by atoms with E-state index in [2.05, 4.69) is 14.4 Å². The molecule has 11 heteroatoms. The molecule has 0 aliphatic heterocycles. The van der Waals surface area contributed by atoms with Crippen molar-refractivity contribution in [3.05, 3.63) is 58.8 Å². The lowest BCUT2D eigenvalue weighted by atomic mass is 10.2. The standard InChI is InChI=1S/C16H12ClF3N2O4S/c17-11-3-1-10(2-4-11)7-8-21-27(23,24)15-6-5-13(25-15)12-9-14(26-22-12)16(18,19)20/h1-6,9,21H,7-8H2. The number of aromatic nitrogens is 1. The first-order chi connectivity index (χ1) is 12.6. The third kappa shape index (κ3) is 4.71. The molecule has 0 aliphatic carbocycles. The van der Waals surface area contributed by atoms with E-state index in [1.165, 1.54) is 6.07 Å². The molecule has 0 bridgehead atoms. The Morgan fingerprint density at radius 2 is 1.81 bits per heavy atom. The molecule has 3 aromatic rings. The highest BCUT2D eigenvalue weighted by molar-refractivity contribution is 7.89. The van der Waals surface area contributed by atoms with Gasteiger partial charge in [-0.15, -0.1) is 0 Å². The van der Waals surface area contributed by atoms with Gasteiger partial charge in [-0.25, -0.2) is 13.1 Å². The minimum atomic E-state index is -4.70. The molecular formula is C16H12ClF3N2O4S. The first-order valence-electron chi connectivity index (χ1n) is 7.53. The molecular weight excluding hydrogens is 409 g/mol. The quantitative estimate of drug-likeness (QED) is 0.648. The lowest BCUT2D eigenvalue weighted by Crippen LogP contribution is -2.25. The molecule has 2 aromatic heterocycles. The van der Waals surface area contributed by atoms with E-state index in [-0.39, 0.29) is 18.0 Å². The fourth-order valence-electron chi connectivity index (χ4n) is 2.18. The van der Waals surface area contributed by atoms with Crippen LogP contribution in [0.4, 0.5) is 13.2 Å². The molecule has 0 radical (unpaired) electrons. The molecule has 0 amide bonds. The van der Waals surface area contributed by atoms with E-state index in [0.29, 0.717) is 17.5 Å². The van der Waals surface area contributed by atoms with Crippen molar-refractivity contribution in [3.8, 4) is 11.5 Å². The zero-order valence-electron chi connectivity index (χ0n) is 13.5. The van der Waals surface area contributed by atoms with Crippen LogP contribution in [-0.4, -0.2) is 20.1 Å². The van der Waals surface area contributed by atoms with E-state index in [1.807, 2.05) is 0 Å². The van der Waals surface area contributed by atoms with E-state index in [9.17, 15) is 21.6 Å². The van der Waals surface area contributed by atoms with E-state index in [1.54, 1.807) is 24.3 Å². The number of hydrogen-bond acceptors (Lipinski definition) is 5. The van der Waals surface area contributed by atoms with Crippen LogP contribution >= 0.6 is 11.6 Å². The van der Waals surface area contributed by atoms with Crippen molar-refractivity contribution in [1.29, 1.82) is 0 Å². The Morgan fingerprint density at radius 3 is 2.44 bits per heavy atom. The van der Waals surface area contributed by atoms with Crippen molar-refractivity contribution >= 4 is 21.6 Å². The number of nitrogens with one attached hydrogen (secondary N) is 1. The molecule has 3 rings (SSSR count). The molecule has 6 nitrogen and oxygen atoms in total. The summed E-state index contributed by atoms with van der Waals surface area (Å²) in [6, 6.07) is 9.88. The topological polar surface area (TPSA) is 85.3 Å². The molecule has 0 atom stereocenters. The number of benzene rings is 1. The third-order valence-electron chi connectivity index (χ3n) is 3.51. The van der Waals surface area contributed by atoms with Crippen molar-refractivity contribution in [1.82, 2.24) is 9.88 Å². The normalized spacial score (nSPS) is 12.4. The zero-order chi connectivity index (χ0) is 19.7. The number of alkyl halides is 3. The second-order valence-corrected chi connectivity index (χ2v) is 7.60. The minimum Gasteiger partial charge on any atom is -0.441 e. The summed E-state index contributed by atoms with van der Waals surface area (Å²) in [4.78, 5) is 0. The third-order valence-corrected chi connectivity index (χ3v) is 5.09. The summed E-state index contributed by atoms with van der Waals surface area (Å²) in [5, 5.41) is 3.38. The van der Waals surface area contributed by atoms with Crippen molar-refractivity contribution < 1.29 is 30.5 Å². The van der Waals surface area contributed by atoms with Gasteiger partial charge in [0.15, 0.2) is 5.76 Å². The molecule has 0 fully saturated rings. The zero-order valence-corrected chi connectivity index (χ0v) is 15.0. The van der Waals surface area contributed by atoms with Crippen LogP contribution < -0.4 is 4.72 Å². The molecule has 1 N–H and O–H groups in total. The van der Waals surface area contributed by atoms with Gasteiger partial charge in [0.25, 0.3) is 10.0 Å². The van der Waals surface area contributed by atoms with Crippen LogP contribution in [0.2, 0.25) is 5.02 Å². The SMILES string of the molecule is O=S(=O)(NCCc1ccc(Cl)cc1)c1ccc(-c2cc(C(F)(F)F)on2)o1. The maximum atomic E-state index is 12.5. The fourth-order valence-corrected chi connectivity index (χ4v) is 3.26. The van der Waals surface area contributed by atoms with Gasteiger partial charge in [0.05, 0.1) is 0 Å². The van der Waals surface area contributed by atoms with Crippen LogP contribution in [0.1, 0.15) is 11.3 Å². The van der Waals surface area contributed by atoms with Gasteiger partial charge < -0.3 is 8.94 Å². The van der Waals surface area contributed by atoms with Gasteiger partial charge in [0.1, 0.15) is 5.69 Å². The maximum absolute atomic E-state index is 12.5. The van der Waals surface area contributed by atoms with Crippen molar-refractivity contribution in [2.75, 3.05) is 6.54 Å². The summed E-state index contributed by atoms with van der Waals surface area (Å²) in [5.41, 5.74) is 0.620. The Kier molecular flexibility index (Phi) is 5.31. The number of hydrogen-bond donors (Lipinski definition) is 1. The molecule has 1 aromatic carbocycles. The van der Waals surface area contributed by atoms with E-state index in [4.69, 9.17) is 16.0 Å². The molecule has 27 heavy (non-hydrogen) atoms. The van der Waals surface area contributed by atoms with Crippen molar-refractivity contribution in [3.63, 3.8) is 0 Å². The summed E-state index contributed by atoms with van der Waals surface area (Å²) in [5.74, 6) is -1.47. The van der Waals surface area contributed by atoms with Crippen LogP contribution in [0, 0.1) is 0 Å². The summed E-state index contributed by atoms with van der Waals surface area (Å²) in [7, 11) is -3.97. The Bertz CT molecular complexity index is 1030. The first kappa shape index (κ1) is 19.5. The molecule has 0 unspecified atom stereocenters. The van der Waals surface area contributed by atoms with E-state index >= 15 is 0 Å². The molecule has 2 heterocycles. The highest BCUT2D eigenvalue weighted by Crippen LogP contribution is 2.33. The number of nitrogens with zero attached hydrogens (tertiary/aromatic N) is 1. The second-order valence-electron chi connectivity index (χ2n) is 5.47. The summed E-state index contributed by atoms with van der Waals surface area (Å²) < 4.78 is 73.7. The number of sulfonamides is 1. The first-order valence-corrected chi connectivity index (χ1v) is 9.39. The second kappa shape index (κ2) is 7.37. The van der Waals surface area contributed by atoms with Crippen molar-refractivity contribution in [2.45, 2.75) is 17.7 Å². The Morgan fingerprint density at radius 1 is 1.11 bits per heavy atom. The number of rotatable bonds is 6. The van der Waals surface area contributed by atoms with Crippen LogP contribution in [0.15, 0.2) is 56.5 Å². The molecule has 0 saturated heterocycles. The summed E-state index contributed by atoms with van der Waals surface area (Å²) >= 11 is 5.78. The molecule has 144 valence electrons. The fraction of sp³-hybridized carbons (Fsp3) is 0.188. The monoisotopic (exact) mass is 420 g/mol. The van der Waals surface area contributed by atoms with Crippen LogP contribution in [0.3, 0.4) is 0 Å². The Hall–Kier alpha value is -2.30. The van der Waals surface area contributed by atoms with Crippen LogP contribution in [-0.2, 0) is 22.6 Å². The van der Waals surface area contributed by atoms with E-state index in [0.717, 1.165) is 11.6 Å². The predicted octanol–water partition coefficient (Wildman–Crippen LogP) is 4.13. The average molecular weight is 421 g/mol. The van der Waals surface area contributed by atoms with Gasteiger partial charge in [-0.05, 0) is 36.2 Å². The Balaban J connectivity index is 1.67. The van der Waals surface area contributed by atoms with Crippen molar-refractivity contribution in [2.24, 2.45) is 0 Å². The minimum absolute atomic E-state index is 0.0994. The summed E-state index contributed by atoms with van der Waals surface area (Å²) in [6.07, 6.45) is -4.28. The molecule has 0 spiro atoms. The van der Waals surface area contributed by atoms with Crippen LogP contribution in [0.25, 0.3) is 11.5 Å². The molecule has 0 aliphatic rings. The van der Waals surface area contributed by atoms with Gasteiger partial charge in [0, 0.05) is 17.6 Å². The lowest BCUT2D eigenvalue weighted by Gasteiger charge is -2.04. The van der Waals surface area contributed by atoms with E-state index < -0.39 is 27.1 Å². The summed E-state index contributed by atoms with van der Waals surface area (Å²) in [6.45, 7) is 0.0994. The van der Waals surface area contributed by atoms with Gasteiger partial charge in [-0.3, -0.25) is 0 Å². The largest absolute Gasteiger partial charge is 0.452 e. The predicted molar refractivity (Wildman–Crippen MR) is 89.6 cm³/mol. The average Bonchev–Trinajstić information content (AvgIpc) is 3.25. The smallest absolute Gasteiger partial charge is 0.441 e. The number of furan rings is 1.